The van der Waals surface area contributed by atoms with E-state index in [1.807, 2.05) is 12.1 Å². The van der Waals surface area contributed by atoms with Crippen LogP contribution < -0.4 is 15.4 Å². The first-order chi connectivity index (χ1) is 11.7. The van der Waals surface area contributed by atoms with E-state index in [1.54, 1.807) is 13.2 Å². The Bertz CT molecular complexity index is 531. The molecule has 2 rings (SSSR count). The van der Waals surface area contributed by atoms with Gasteiger partial charge in [-0.15, -0.1) is 24.0 Å². The number of halogens is 1. The van der Waals surface area contributed by atoms with Crippen LogP contribution in [0.4, 0.5) is 0 Å². The summed E-state index contributed by atoms with van der Waals surface area (Å²) in [5, 5.41) is 16.8. The molecule has 1 aromatic rings. The van der Waals surface area contributed by atoms with Crippen molar-refractivity contribution < 1.29 is 9.84 Å². The summed E-state index contributed by atoms with van der Waals surface area (Å²) in [6, 6.07) is 5.48. The zero-order chi connectivity index (χ0) is 17.2. The Morgan fingerprint density at radius 2 is 2.04 bits per heavy atom. The van der Waals surface area contributed by atoms with Crippen molar-refractivity contribution in [1.29, 1.82) is 0 Å². The molecule has 3 N–H and O–H groups in total. The van der Waals surface area contributed by atoms with Crippen LogP contribution in [0.3, 0.4) is 0 Å². The van der Waals surface area contributed by atoms with Gasteiger partial charge in [0.05, 0.1) is 13.7 Å². The number of aliphatic imine (C=N–C) groups is 1. The molecule has 6 heteroatoms. The van der Waals surface area contributed by atoms with E-state index in [9.17, 15) is 5.11 Å². The summed E-state index contributed by atoms with van der Waals surface area (Å²) in [7, 11) is 1.55. The van der Waals surface area contributed by atoms with Crippen LogP contribution in [0.5, 0.6) is 11.5 Å². The number of hydrogen-bond acceptors (Lipinski definition) is 3. The Morgan fingerprint density at radius 3 is 2.72 bits per heavy atom. The van der Waals surface area contributed by atoms with E-state index in [4.69, 9.17) is 4.74 Å². The largest absolute Gasteiger partial charge is 0.504 e. The van der Waals surface area contributed by atoms with E-state index < -0.39 is 0 Å². The Balaban J connectivity index is 0.00000312. The molecule has 1 aliphatic carbocycles. The van der Waals surface area contributed by atoms with Gasteiger partial charge in [0, 0.05) is 18.7 Å². The van der Waals surface area contributed by atoms with Crippen molar-refractivity contribution in [3.63, 3.8) is 0 Å². The van der Waals surface area contributed by atoms with Gasteiger partial charge in [0.15, 0.2) is 17.5 Å². The summed E-state index contributed by atoms with van der Waals surface area (Å²) in [4.78, 5) is 4.57. The van der Waals surface area contributed by atoms with Crippen molar-refractivity contribution in [3.05, 3.63) is 23.8 Å². The van der Waals surface area contributed by atoms with E-state index in [-0.39, 0.29) is 29.7 Å². The molecule has 0 aromatic heterocycles. The van der Waals surface area contributed by atoms with Gasteiger partial charge >= 0.3 is 0 Å². The van der Waals surface area contributed by atoms with E-state index in [0.29, 0.717) is 12.3 Å². The lowest BCUT2D eigenvalue weighted by molar-refractivity contribution is 0.370. The number of phenolic OH excluding ortho intramolecular Hbond substituents is 1. The Morgan fingerprint density at radius 1 is 1.28 bits per heavy atom. The standard InChI is InChI=1S/C19H31N3O2.HI/c1-3-20-19(21-13-7-10-15-8-4-5-9-15)22-14-16-11-6-12-17(24-2)18(16)23;/h6,11-12,15,23H,3-5,7-10,13-14H2,1-2H3,(H2,20,21,22);1H. The third-order valence-electron chi connectivity index (χ3n) is 4.61. The van der Waals surface area contributed by atoms with Crippen molar-refractivity contribution in [2.75, 3.05) is 20.2 Å². The first-order valence-electron chi connectivity index (χ1n) is 9.11. The molecule has 1 aliphatic rings. The molecule has 1 aromatic carbocycles. The van der Waals surface area contributed by atoms with Gasteiger partial charge in [-0.25, -0.2) is 4.99 Å². The number of methoxy groups -OCH3 is 1. The van der Waals surface area contributed by atoms with Gasteiger partial charge in [0.2, 0.25) is 0 Å². The molecule has 0 aliphatic heterocycles. The molecule has 142 valence electrons. The van der Waals surface area contributed by atoms with Gasteiger partial charge in [-0.05, 0) is 31.7 Å². The summed E-state index contributed by atoms with van der Waals surface area (Å²) in [6.45, 7) is 4.23. The molecule has 0 saturated heterocycles. The molecule has 0 radical (unpaired) electrons. The van der Waals surface area contributed by atoms with Crippen molar-refractivity contribution in [2.24, 2.45) is 10.9 Å². The van der Waals surface area contributed by atoms with Crippen LogP contribution in [0.25, 0.3) is 0 Å². The monoisotopic (exact) mass is 461 g/mol. The highest BCUT2D eigenvalue weighted by Gasteiger charge is 2.14. The van der Waals surface area contributed by atoms with Gasteiger partial charge in [-0.3, -0.25) is 0 Å². The number of nitrogens with one attached hydrogen (secondary N) is 2. The van der Waals surface area contributed by atoms with Gasteiger partial charge < -0.3 is 20.5 Å². The van der Waals surface area contributed by atoms with Crippen molar-refractivity contribution in [3.8, 4) is 11.5 Å². The van der Waals surface area contributed by atoms with E-state index in [0.717, 1.165) is 30.5 Å². The maximum Gasteiger partial charge on any atom is 0.191 e. The fourth-order valence-electron chi connectivity index (χ4n) is 3.26. The molecule has 1 fully saturated rings. The molecule has 0 atom stereocenters. The van der Waals surface area contributed by atoms with Crippen LogP contribution in [-0.2, 0) is 6.54 Å². The lowest BCUT2D eigenvalue weighted by atomic mass is 10.0. The molecule has 1 saturated carbocycles. The fourth-order valence-corrected chi connectivity index (χ4v) is 3.26. The molecular weight excluding hydrogens is 429 g/mol. The molecule has 0 spiro atoms. The second-order valence-electron chi connectivity index (χ2n) is 6.38. The maximum absolute atomic E-state index is 10.1. The molecule has 0 bridgehead atoms. The van der Waals surface area contributed by atoms with E-state index >= 15 is 0 Å². The maximum atomic E-state index is 10.1. The molecule has 0 amide bonds. The predicted molar refractivity (Wildman–Crippen MR) is 114 cm³/mol. The SMILES string of the molecule is CCNC(=NCc1cccc(OC)c1O)NCCCC1CCCC1.I. The van der Waals surface area contributed by atoms with Crippen molar-refractivity contribution in [1.82, 2.24) is 10.6 Å². The Hall–Kier alpha value is -1.18. The quantitative estimate of drug-likeness (QED) is 0.237. The number of para-hydroxylation sites is 1. The second-order valence-corrected chi connectivity index (χ2v) is 6.38. The zero-order valence-corrected chi connectivity index (χ0v) is 17.7. The van der Waals surface area contributed by atoms with Gasteiger partial charge in [-0.1, -0.05) is 37.8 Å². The van der Waals surface area contributed by atoms with Crippen LogP contribution in [0.2, 0.25) is 0 Å². The summed E-state index contributed by atoms with van der Waals surface area (Å²) < 4.78 is 5.14. The lowest BCUT2D eigenvalue weighted by Gasteiger charge is -2.13. The van der Waals surface area contributed by atoms with Gasteiger partial charge in [0.25, 0.3) is 0 Å². The normalized spacial score (nSPS) is 14.9. The summed E-state index contributed by atoms with van der Waals surface area (Å²) in [5.41, 5.74) is 0.762. The third-order valence-corrected chi connectivity index (χ3v) is 4.61. The predicted octanol–water partition coefficient (Wildman–Crippen LogP) is 4.04. The minimum atomic E-state index is 0. The Kier molecular flexibility index (Phi) is 10.7. The number of guanidine groups is 1. The van der Waals surface area contributed by atoms with Crippen molar-refractivity contribution in [2.45, 2.75) is 52.0 Å². The third kappa shape index (κ3) is 7.30. The smallest absolute Gasteiger partial charge is 0.191 e. The van der Waals surface area contributed by atoms with Crippen LogP contribution in [-0.4, -0.2) is 31.3 Å². The van der Waals surface area contributed by atoms with Crippen molar-refractivity contribution >= 4 is 29.9 Å². The number of ether oxygens (including phenoxy) is 1. The highest BCUT2D eigenvalue weighted by Crippen LogP contribution is 2.30. The molecule has 0 unspecified atom stereocenters. The molecule has 0 heterocycles. The number of aromatic hydroxyl groups is 1. The fraction of sp³-hybridized carbons (Fsp3) is 0.632. The van der Waals surface area contributed by atoms with Gasteiger partial charge in [-0.2, -0.15) is 0 Å². The number of benzene rings is 1. The molecule has 5 nitrogen and oxygen atoms in total. The average molecular weight is 461 g/mol. The number of nitrogens with zero attached hydrogens (tertiary/aromatic N) is 1. The average Bonchev–Trinajstić information content (AvgIpc) is 3.11. The first-order valence-corrected chi connectivity index (χ1v) is 9.11. The highest BCUT2D eigenvalue weighted by atomic mass is 127. The lowest BCUT2D eigenvalue weighted by Crippen LogP contribution is -2.37. The molecular formula is C19H32IN3O2. The number of phenols is 1. The summed E-state index contributed by atoms with van der Waals surface area (Å²) in [5.74, 6) is 2.38. The zero-order valence-electron chi connectivity index (χ0n) is 15.4. The van der Waals surface area contributed by atoms with Crippen LogP contribution in [0.15, 0.2) is 23.2 Å². The topological polar surface area (TPSA) is 65.9 Å². The van der Waals surface area contributed by atoms with E-state index in [1.165, 1.54) is 38.5 Å². The van der Waals surface area contributed by atoms with Crippen LogP contribution in [0, 0.1) is 5.92 Å². The molecule has 25 heavy (non-hydrogen) atoms. The summed E-state index contributed by atoms with van der Waals surface area (Å²) >= 11 is 0. The van der Waals surface area contributed by atoms with E-state index in [2.05, 4.69) is 22.5 Å². The number of hydrogen-bond donors (Lipinski definition) is 3. The first kappa shape index (κ1) is 21.9. The summed E-state index contributed by atoms with van der Waals surface area (Å²) in [6.07, 6.45) is 8.12. The number of rotatable bonds is 8. The van der Waals surface area contributed by atoms with Gasteiger partial charge in [0.1, 0.15) is 0 Å². The highest BCUT2D eigenvalue weighted by molar-refractivity contribution is 14.0. The van der Waals surface area contributed by atoms with Crippen LogP contribution in [0.1, 0.15) is 51.0 Å². The second kappa shape index (κ2) is 12.2. The minimum absolute atomic E-state index is 0. The Labute approximate surface area is 168 Å². The minimum Gasteiger partial charge on any atom is -0.504 e. The van der Waals surface area contributed by atoms with Crippen LogP contribution >= 0.6 is 24.0 Å².